The van der Waals surface area contributed by atoms with Gasteiger partial charge in [-0.25, -0.2) is 0 Å². The smallest absolute Gasteiger partial charge is 0.0674 e. The summed E-state index contributed by atoms with van der Waals surface area (Å²) in [5, 5.41) is 20.8. The molecule has 0 amide bonds. The van der Waals surface area contributed by atoms with Crippen molar-refractivity contribution < 1.29 is 14.9 Å². The second-order valence-electron chi connectivity index (χ2n) is 6.74. The second-order valence-corrected chi connectivity index (χ2v) is 6.74. The molecule has 0 bridgehead atoms. The van der Waals surface area contributed by atoms with Crippen molar-refractivity contribution in [2.75, 3.05) is 6.61 Å². The van der Waals surface area contributed by atoms with Gasteiger partial charge in [0.05, 0.1) is 17.3 Å². The number of aliphatic hydroxyl groups is 2. The van der Waals surface area contributed by atoms with E-state index in [1.807, 2.05) is 6.92 Å². The Morgan fingerprint density at radius 3 is 2.44 bits per heavy atom. The molecule has 18 heavy (non-hydrogen) atoms. The molecule has 0 aromatic heterocycles. The summed E-state index contributed by atoms with van der Waals surface area (Å²) in [4.78, 5) is 0. The molecule has 3 unspecified atom stereocenters. The minimum Gasteiger partial charge on any atom is -0.390 e. The van der Waals surface area contributed by atoms with E-state index >= 15 is 0 Å². The Bertz CT molecular complexity index is 269. The van der Waals surface area contributed by atoms with Gasteiger partial charge in [-0.15, -0.1) is 0 Å². The summed E-state index contributed by atoms with van der Waals surface area (Å²) in [6.45, 7) is 4.67. The first-order valence-electron chi connectivity index (χ1n) is 7.48. The highest BCUT2D eigenvalue weighted by atomic mass is 16.5. The molecular formula is C15H28O3. The Kier molecular flexibility index (Phi) is 4.35. The molecule has 0 radical (unpaired) electrons. The van der Waals surface area contributed by atoms with E-state index in [-0.39, 0.29) is 12.0 Å². The standard InChI is InChI=1S/C15H28O3/c1-12(15(17)6-4-3-5-7-15)10-13-11-14(2,16)8-9-18-13/h12-13,16-17H,3-11H2,1-2H3. The lowest BCUT2D eigenvalue weighted by Gasteiger charge is -2.41. The maximum atomic E-state index is 10.7. The average molecular weight is 256 g/mol. The van der Waals surface area contributed by atoms with Crippen molar-refractivity contribution in [2.45, 2.75) is 82.5 Å². The van der Waals surface area contributed by atoms with Gasteiger partial charge in [-0.05, 0) is 38.5 Å². The number of hydrogen-bond acceptors (Lipinski definition) is 3. The highest BCUT2D eigenvalue weighted by molar-refractivity contribution is 4.90. The maximum absolute atomic E-state index is 10.7. The van der Waals surface area contributed by atoms with E-state index in [0.717, 1.165) is 38.5 Å². The van der Waals surface area contributed by atoms with Crippen LogP contribution in [-0.2, 0) is 4.74 Å². The van der Waals surface area contributed by atoms with Crippen LogP contribution < -0.4 is 0 Å². The van der Waals surface area contributed by atoms with Crippen molar-refractivity contribution in [3.05, 3.63) is 0 Å². The summed E-state index contributed by atoms with van der Waals surface area (Å²) >= 11 is 0. The zero-order valence-corrected chi connectivity index (χ0v) is 11.8. The molecule has 3 atom stereocenters. The SMILES string of the molecule is CC(CC1CC(C)(O)CCO1)C1(O)CCCCC1. The molecule has 3 heteroatoms. The van der Waals surface area contributed by atoms with Crippen molar-refractivity contribution in [1.82, 2.24) is 0 Å². The van der Waals surface area contributed by atoms with E-state index < -0.39 is 11.2 Å². The van der Waals surface area contributed by atoms with Gasteiger partial charge in [-0.2, -0.15) is 0 Å². The fourth-order valence-corrected chi connectivity index (χ4v) is 3.52. The van der Waals surface area contributed by atoms with E-state index in [2.05, 4.69) is 6.92 Å². The van der Waals surface area contributed by atoms with Crippen molar-refractivity contribution in [2.24, 2.45) is 5.92 Å². The van der Waals surface area contributed by atoms with E-state index in [1.54, 1.807) is 0 Å². The number of ether oxygens (including phenoxy) is 1. The molecule has 0 aromatic carbocycles. The van der Waals surface area contributed by atoms with Gasteiger partial charge < -0.3 is 14.9 Å². The fraction of sp³-hybridized carbons (Fsp3) is 1.00. The van der Waals surface area contributed by atoms with Crippen LogP contribution in [-0.4, -0.2) is 34.1 Å². The molecule has 1 saturated heterocycles. The van der Waals surface area contributed by atoms with Crippen LogP contribution in [0.4, 0.5) is 0 Å². The molecule has 1 aliphatic carbocycles. The molecule has 2 aliphatic rings. The summed E-state index contributed by atoms with van der Waals surface area (Å²) in [7, 11) is 0. The van der Waals surface area contributed by atoms with Crippen molar-refractivity contribution in [1.29, 1.82) is 0 Å². The van der Waals surface area contributed by atoms with Crippen molar-refractivity contribution in [3.8, 4) is 0 Å². The fourth-order valence-electron chi connectivity index (χ4n) is 3.52. The quantitative estimate of drug-likeness (QED) is 0.816. The predicted octanol–water partition coefficient (Wildman–Crippen LogP) is 2.64. The molecule has 0 aromatic rings. The predicted molar refractivity (Wildman–Crippen MR) is 71.4 cm³/mol. The highest BCUT2D eigenvalue weighted by Gasteiger charge is 2.38. The van der Waals surface area contributed by atoms with Crippen LogP contribution in [0.3, 0.4) is 0 Å². The lowest BCUT2D eigenvalue weighted by atomic mass is 9.73. The van der Waals surface area contributed by atoms with Gasteiger partial charge in [0.1, 0.15) is 0 Å². The monoisotopic (exact) mass is 256 g/mol. The van der Waals surface area contributed by atoms with Gasteiger partial charge in [0.25, 0.3) is 0 Å². The summed E-state index contributed by atoms with van der Waals surface area (Å²) in [6, 6.07) is 0. The lowest BCUT2D eigenvalue weighted by Crippen LogP contribution is -2.43. The van der Waals surface area contributed by atoms with Crippen LogP contribution in [0.2, 0.25) is 0 Å². The Balaban J connectivity index is 1.88. The first-order chi connectivity index (χ1) is 8.41. The summed E-state index contributed by atoms with van der Waals surface area (Å²) in [6.07, 6.45) is 7.80. The molecule has 1 saturated carbocycles. The van der Waals surface area contributed by atoms with Crippen LogP contribution in [0, 0.1) is 5.92 Å². The Hall–Kier alpha value is -0.120. The van der Waals surface area contributed by atoms with Crippen LogP contribution in [0.1, 0.15) is 65.2 Å². The van der Waals surface area contributed by atoms with Crippen LogP contribution in [0.25, 0.3) is 0 Å². The molecule has 2 fully saturated rings. The molecule has 2 N–H and O–H groups in total. The largest absolute Gasteiger partial charge is 0.390 e. The molecule has 1 aliphatic heterocycles. The first kappa shape index (κ1) is 14.3. The number of rotatable bonds is 3. The Morgan fingerprint density at radius 1 is 1.17 bits per heavy atom. The van der Waals surface area contributed by atoms with Crippen LogP contribution in [0.15, 0.2) is 0 Å². The van der Waals surface area contributed by atoms with Gasteiger partial charge >= 0.3 is 0 Å². The van der Waals surface area contributed by atoms with E-state index in [4.69, 9.17) is 4.74 Å². The van der Waals surface area contributed by atoms with Crippen LogP contribution >= 0.6 is 0 Å². The third-order valence-electron chi connectivity index (χ3n) is 4.91. The van der Waals surface area contributed by atoms with Gasteiger partial charge in [0.2, 0.25) is 0 Å². The molecule has 0 spiro atoms. The average Bonchev–Trinajstić information content (AvgIpc) is 2.28. The van der Waals surface area contributed by atoms with Gasteiger partial charge in [-0.1, -0.05) is 26.2 Å². The lowest BCUT2D eigenvalue weighted by molar-refractivity contribution is -0.117. The summed E-state index contributed by atoms with van der Waals surface area (Å²) in [5.41, 5.74) is -1.08. The third kappa shape index (κ3) is 3.46. The molecule has 3 nitrogen and oxygen atoms in total. The van der Waals surface area contributed by atoms with Crippen molar-refractivity contribution >= 4 is 0 Å². The highest BCUT2D eigenvalue weighted by Crippen LogP contribution is 2.38. The zero-order chi connectivity index (χ0) is 13.2. The summed E-state index contributed by atoms with van der Waals surface area (Å²) in [5.74, 6) is 0.261. The molecular weight excluding hydrogens is 228 g/mol. The third-order valence-corrected chi connectivity index (χ3v) is 4.91. The molecule has 2 rings (SSSR count). The minimum atomic E-state index is -0.585. The zero-order valence-electron chi connectivity index (χ0n) is 11.8. The van der Waals surface area contributed by atoms with Gasteiger partial charge in [0, 0.05) is 13.0 Å². The Morgan fingerprint density at radius 2 is 1.83 bits per heavy atom. The molecule has 1 heterocycles. The summed E-state index contributed by atoms with van der Waals surface area (Å²) < 4.78 is 5.75. The van der Waals surface area contributed by atoms with Crippen molar-refractivity contribution in [3.63, 3.8) is 0 Å². The minimum absolute atomic E-state index is 0.106. The molecule has 106 valence electrons. The second kappa shape index (κ2) is 5.48. The topological polar surface area (TPSA) is 49.7 Å². The van der Waals surface area contributed by atoms with E-state index in [9.17, 15) is 10.2 Å². The van der Waals surface area contributed by atoms with Gasteiger partial charge in [0.15, 0.2) is 0 Å². The van der Waals surface area contributed by atoms with Gasteiger partial charge in [-0.3, -0.25) is 0 Å². The first-order valence-corrected chi connectivity index (χ1v) is 7.48. The Labute approximate surface area is 111 Å². The maximum Gasteiger partial charge on any atom is 0.0674 e. The van der Waals surface area contributed by atoms with Crippen LogP contribution in [0.5, 0.6) is 0 Å². The van der Waals surface area contributed by atoms with E-state index in [0.29, 0.717) is 13.0 Å². The van der Waals surface area contributed by atoms with E-state index in [1.165, 1.54) is 6.42 Å². The number of hydrogen-bond donors (Lipinski definition) is 2. The normalized spacial score (nSPS) is 38.3.